The number of hydrogen-bond acceptors (Lipinski definition) is 2. The second-order valence-corrected chi connectivity index (χ2v) is 7.04. The molecule has 0 saturated heterocycles. The summed E-state index contributed by atoms with van der Waals surface area (Å²) in [5.41, 5.74) is 0.365. The minimum atomic E-state index is 0.137. The molecule has 112 valence electrons. The molecular formula is C16H31NO2. The van der Waals surface area contributed by atoms with E-state index in [4.69, 9.17) is 5.11 Å². The van der Waals surface area contributed by atoms with Crippen LogP contribution in [0.25, 0.3) is 0 Å². The van der Waals surface area contributed by atoms with Crippen molar-refractivity contribution in [3.63, 3.8) is 0 Å². The highest BCUT2D eigenvalue weighted by Crippen LogP contribution is 2.39. The van der Waals surface area contributed by atoms with E-state index in [2.05, 4.69) is 33.0 Å². The number of amides is 1. The van der Waals surface area contributed by atoms with Crippen molar-refractivity contribution in [1.82, 2.24) is 5.32 Å². The highest BCUT2D eigenvalue weighted by atomic mass is 16.3. The van der Waals surface area contributed by atoms with Crippen LogP contribution >= 0.6 is 0 Å². The van der Waals surface area contributed by atoms with E-state index < -0.39 is 0 Å². The van der Waals surface area contributed by atoms with Crippen LogP contribution in [0.15, 0.2) is 0 Å². The molecule has 19 heavy (non-hydrogen) atoms. The molecule has 0 aromatic heterocycles. The number of rotatable bonds is 5. The molecule has 0 aromatic rings. The number of nitrogens with one attached hydrogen (secondary N) is 1. The molecular weight excluding hydrogens is 238 g/mol. The van der Waals surface area contributed by atoms with Gasteiger partial charge in [-0.15, -0.1) is 0 Å². The summed E-state index contributed by atoms with van der Waals surface area (Å²) >= 11 is 0. The molecule has 0 radical (unpaired) electrons. The van der Waals surface area contributed by atoms with Gasteiger partial charge in [0.15, 0.2) is 0 Å². The van der Waals surface area contributed by atoms with Crippen LogP contribution in [0.1, 0.15) is 66.2 Å². The van der Waals surface area contributed by atoms with E-state index >= 15 is 0 Å². The number of carbonyl (C=O) groups excluding carboxylic acids is 1. The van der Waals surface area contributed by atoms with Crippen molar-refractivity contribution in [3.05, 3.63) is 0 Å². The maximum atomic E-state index is 12.2. The molecule has 3 nitrogen and oxygen atoms in total. The minimum Gasteiger partial charge on any atom is -0.396 e. The molecule has 0 heterocycles. The average Bonchev–Trinajstić information content (AvgIpc) is 2.37. The average molecular weight is 269 g/mol. The predicted octanol–water partition coefficient (Wildman–Crippen LogP) is 3.12. The molecule has 0 spiro atoms. The molecule has 1 amide bonds. The van der Waals surface area contributed by atoms with E-state index in [1.165, 1.54) is 12.8 Å². The monoisotopic (exact) mass is 269 g/mol. The Morgan fingerprint density at radius 2 is 1.84 bits per heavy atom. The summed E-state index contributed by atoms with van der Waals surface area (Å²) in [4.78, 5) is 12.2. The topological polar surface area (TPSA) is 49.3 Å². The second-order valence-electron chi connectivity index (χ2n) is 7.04. The third kappa shape index (κ3) is 5.13. The van der Waals surface area contributed by atoms with Crippen LogP contribution in [0.5, 0.6) is 0 Å². The van der Waals surface area contributed by atoms with Crippen molar-refractivity contribution < 1.29 is 9.90 Å². The van der Waals surface area contributed by atoms with Gasteiger partial charge >= 0.3 is 0 Å². The summed E-state index contributed by atoms with van der Waals surface area (Å²) in [5.74, 6) is 1.13. The predicted molar refractivity (Wildman–Crippen MR) is 78.8 cm³/mol. The van der Waals surface area contributed by atoms with Crippen LogP contribution in [0.4, 0.5) is 0 Å². The van der Waals surface area contributed by atoms with Gasteiger partial charge in [0.05, 0.1) is 0 Å². The molecule has 1 aliphatic carbocycles. The van der Waals surface area contributed by atoms with Gasteiger partial charge in [0.1, 0.15) is 0 Å². The van der Waals surface area contributed by atoms with Gasteiger partial charge in [-0.2, -0.15) is 0 Å². The molecule has 0 bridgehead atoms. The Kier molecular flexibility index (Phi) is 6.31. The molecule has 3 heteroatoms. The zero-order valence-electron chi connectivity index (χ0n) is 13.0. The van der Waals surface area contributed by atoms with Crippen molar-refractivity contribution in [2.24, 2.45) is 17.3 Å². The van der Waals surface area contributed by atoms with Crippen LogP contribution in [0.3, 0.4) is 0 Å². The Morgan fingerprint density at radius 1 is 1.26 bits per heavy atom. The number of hydrogen-bond donors (Lipinski definition) is 2. The van der Waals surface area contributed by atoms with Crippen molar-refractivity contribution >= 4 is 5.91 Å². The Balaban J connectivity index is 2.40. The van der Waals surface area contributed by atoms with Gasteiger partial charge in [-0.05, 0) is 49.9 Å². The van der Waals surface area contributed by atoms with Crippen LogP contribution in [0.2, 0.25) is 0 Å². The van der Waals surface area contributed by atoms with E-state index in [9.17, 15) is 4.79 Å². The third-order valence-corrected chi connectivity index (χ3v) is 4.64. The Labute approximate surface area is 118 Å². The van der Waals surface area contributed by atoms with Gasteiger partial charge < -0.3 is 10.4 Å². The van der Waals surface area contributed by atoms with Gasteiger partial charge in [0.25, 0.3) is 0 Å². The normalized spacial score (nSPS) is 25.9. The van der Waals surface area contributed by atoms with Gasteiger partial charge in [0, 0.05) is 18.6 Å². The smallest absolute Gasteiger partial charge is 0.223 e. The number of carbonyl (C=O) groups is 1. The molecule has 1 fully saturated rings. The minimum absolute atomic E-state index is 0.137. The lowest BCUT2D eigenvalue weighted by molar-refractivity contribution is -0.127. The first-order valence-corrected chi connectivity index (χ1v) is 7.79. The van der Waals surface area contributed by atoms with E-state index in [1.807, 2.05) is 0 Å². The second kappa shape index (κ2) is 7.28. The third-order valence-electron chi connectivity index (χ3n) is 4.64. The zero-order valence-corrected chi connectivity index (χ0v) is 13.0. The lowest BCUT2D eigenvalue weighted by atomic mass is 9.69. The van der Waals surface area contributed by atoms with Gasteiger partial charge in [0.2, 0.25) is 5.91 Å². The summed E-state index contributed by atoms with van der Waals surface area (Å²) < 4.78 is 0. The van der Waals surface area contributed by atoms with Gasteiger partial charge in [-0.1, -0.05) is 27.7 Å². The van der Waals surface area contributed by atoms with Crippen molar-refractivity contribution in [1.29, 1.82) is 0 Å². The van der Waals surface area contributed by atoms with Crippen LogP contribution in [-0.2, 0) is 4.79 Å². The Morgan fingerprint density at radius 3 is 2.26 bits per heavy atom. The Hall–Kier alpha value is -0.570. The molecule has 1 aliphatic rings. The first-order chi connectivity index (χ1) is 8.88. The fourth-order valence-corrected chi connectivity index (χ4v) is 3.07. The maximum Gasteiger partial charge on any atom is 0.223 e. The van der Waals surface area contributed by atoms with Crippen molar-refractivity contribution in [2.75, 3.05) is 6.61 Å². The summed E-state index contributed by atoms with van der Waals surface area (Å²) in [5, 5.41) is 12.1. The van der Waals surface area contributed by atoms with Crippen LogP contribution in [-0.4, -0.2) is 23.7 Å². The SMILES string of the molecule is CCC(CCO)NC(=O)C1CCC(C(C)(C)C)CC1. The summed E-state index contributed by atoms with van der Waals surface area (Å²) in [6.45, 7) is 9.10. The molecule has 1 saturated carbocycles. The maximum absolute atomic E-state index is 12.2. The van der Waals surface area contributed by atoms with E-state index in [0.717, 1.165) is 25.2 Å². The Bertz CT molecular complexity index is 275. The molecule has 0 aromatic carbocycles. The first-order valence-electron chi connectivity index (χ1n) is 7.79. The largest absolute Gasteiger partial charge is 0.396 e. The fraction of sp³-hybridized carbons (Fsp3) is 0.938. The lowest BCUT2D eigenvalue weighted by Gasteiger charge is -2.36. The summed E-state index contributed by atoms with van der Waals surface area (Å²) in [6, 6.07) is 0.137. The summed E-state index contributed by atoms with van der Waals surface area (Å²) in [6.07, 6.45) is 5.92. The highest BCUT2D eigenvalue weighted by Gasteiger charge is 2.32. The molecule has 1 rings (SSSR count). The molecule has 0 aliphatic heterocycles. The van der Waals surface area contributed by atoms with Gasteiger partial charge in [-0.3, -0.25) is 4.79 Å². The van der Waals surface area contributed by atoms with Gasteiger partial charge in [-0.25, -0.2) is 0 Å². The van der Waals surface area contributed by atoms with Crippen LogP contribution < -0.4 is 5.32 Å². The van der Waals surface area contributed by atoms with Crippen LogP contribution in [0, 0.1) is 17.3 Å². The van der Waals surface area contributed by atoms with E-state index in [-0.39, 0.29) is 24.5 Å². The van der Waals surface area contributed by atoms with Crippen molar-refractivity contribution in [3.8, 4) is 0 Å². The molecule has 2 N–H and O–H groups in total. The lowest BCUT2D eigenvalue weighted by Crippen LogP contribution is -2.41. The van der Waals surface area contributed by atoms with Crippen molar-refractivity contribution in [2.45, 2.75) is 72.3 Å². The molecule has 1 atom stereocenters. The number of aliphatic hydroxyl groups excluding tert-OH is 1. The quantitative estimate of drug-likeness (QED) is 0.805. The first kappa shape index (κ1) is 16.5. The number of aliphatic hydroxyl groups is 1. The fourth-order valence-electron chi connectivity index (χ4n) is 3.07. The zero-order chi connectivity index (χ0) is 14.5. The summed E-state index contributed by atoms with van der Waals surface area (Å²) in [7, 11) is 0. The molecule has 1 unspecified atom stereocenters. The van der Waals surface area contributed by atoms with E-state index in [0.29, 0.717) is 11.8 Å². The van der Waals surface area contributed by atoms with E-state index in [1.54, 1.807) is 0 Å². The standard InChI is InChI=1S/C16H31NO2/c1-5-14(10-11-18)17-15(19)12-6-8-13(9-7-12)16(2,3)4/h12-14,18H,5-11H2,1-4H3,(H,17,19). The highest BCUT2D eigenvalue weighted by molar-refractivity contribution is 5.79.